The first-order valence-electron chi connectivity index (χ1n) is 9.27. The van der Waals surface area contributed by atoms with Crippen molar-refractivity contribution >= 4 is 5.91 Å². The number of rotatable bonds is 4. The van der Waals surface area contributed by atoms with E-state index in [-0.39, 0.29) is 5.91 Å². The molecule has 6 heteroatoms. The molecule has 2 aliphatic rings. The van der Waals surface area contributed by atoms with Crippen LogP contribution in [0.15, 0.2) is 24.4 Å². The maximum absolute atomic E-state index is 12.6. The number of fused-ring (bicyclic) bond motifs is 1. The average molecular weight is 355 g/mol. The number of hydrogen-bond acceptors (Lipinski definition) is 4. The number of carbonyl (C=O) groups is 1. The van der Waals surface area contributed by atoms with E-state index in [0.29, 0.717) is 11.6 Å². The standard InChI is InChI=1S/C20H25N3O3/c1-25-15-6-7-16(18(11-15)26-2)14-5-8-19-21-17(13-23(19)12-14)20(24)22-9-3-4-10-22/h6-7,11,13-14H,3-5,8-10,12H2,1-2H3/t14-/m0/s1. The van der Waals surface area contributed by atoms with E-state index in [2.05, 4.69) is 15.6 Å². The lowest BCUT2D eigenvalue weighted by Gasteiger charge is -2.25. The van der Waals surface area contributed by atoms with Crippen molar-refractivity contribution in [1.82, 2.24) is 14.5 Å². The highest BCUT2D eigenvalue weighted by atomic mass is 16.5. The van der Waals surface area contributed by atoms with Gasteiger partial charge in [0, 0.05) is 44.2 Å². The Morgan fingerprint density at radius 3 is 2.73 bits per heavy atom. The molecule has 0 bridgehead atoms. The summed E-state index contributed by atoms with van der Waals surface area (Å²) in [6.07, 6.45) is 5.99. The first-order chi connectivity index (χ1) is 12.7. The Bertz CT molecular complexity index is 809. The summed E-state index contributed by atoms with van der Waals surface area (Å²) in [7, 11) is 3.35. The van der Waals surface area contributed by atoms with Gasteiger partial charge >= 0.3 is 0 Å². The Hall–Kier alpha value is -2.50. The second-order valence-electron chi connectivity index (χ2n) is 7.04. The molecule has 0 unspecified atom stereocenters. The fraction of sp³-hybridized carbons (Fsp3) is 0.500. The molecule has 3 heterocycles. The van der Waals surface area contributed by atoms with Crippen molar-refractivity contribution in [3.63, 3.8) is 0 Å². The van der Waals surface area contributed by atoms with Gasteiger partial charge in [-0.05, 0) is 30.9 Å². The molecule has 1 atom stereocenters. The van der Waals surface area contributed by atoms with E-state index in [4.69, 9.17) is 9.47 Å². The zero-order chi connectivity index (χ0) is 18.1. The topological polar surface area (TPSA) is 56.6 Å². The minimum Gasteiger partial charge on any atom is -0.497 e. The molecule has 2 aromatic rings. The summed E-state index contributed by atoms with van der Waals surface area (Å²) >= 11 is 0. The quantitative estimate of drug-likeness (QED) is 0.846. The molecule has 0 radical (unpaired) electrons. The van der Waals surface area contributed by atoms with Crippen LogP contribution in [0.5, 0.6) is 11.5 Å². The maximum Gasteiger partial charge on any atom is 0.274 e. The van der Waals surface area contributed by atoms with Crippen LogP contribution < -0.4 is 9.47 Å². The van der Waals surface area contributed by atoms with Crippen molar-refractivity contribution in [2.75, 3.05) is 27.3 Å². The summed E-state index contributed by atoms with van der Waals surface area (Å²) in [5, 5.41) is 0. The smallest absolute Gasteiger partial charge is 0.274 e. The van der Waals surface area contributed by atoms with E-state index < -0.39 is 0 Å². The van der Waals surface area contributed by atoms with Crippen molar-refractivity contribution in [2.45, 2.75) is 38.1 Å². The molecule has 1 amide bonds. The number of ether oxygens (including phenoxy) is 2. The van der Waals surface area contributed by atoms with Gasteiger partial charge in [-0.2, -0.15) is 0 Å². The Balaban J connectivity index is 1.55. The summed E-state index contributed by atoms with van der Waals surface area (Å²) in [6.45, 7) is 2.53. The van der Waals surface area contributed by atoms with Crippen LogP contribution in [0.25, 0.3) is 0 Å². The summed E-state index contributed by atoms with van der Waals surface area (Å²) in [6, 6.07) is 5.99. The van der Waals surface area contributed by atoms with Crippen molar-refractivity contribution in [3.05, 3.63) is 41.5 Å². The van der Waals surface area contributed by atoms with Gasteiger partial charge < -0.3 is 18.9 Å². The number of carbonyl (C=O) groups excluding carboxylic acids is 1. The molecule has 1 saturated heterocycles. The SMILES string of the molecule is COc1ccc([C@H]2CCc3nc(C(=O)N4CCCC4)cn3C2)c(OC)c1. The lowest BCUT2D eigenvalue weighted by atomic mass is 9.91. The van der Waals surface area contributed by atoms with Gasteiger partial charge in [0.05, 0.1) is 14.2 Å². The molecule has 1 aromatic heterocycles. The van der Waals surface area contributed by atoms with Crippen LogP contribution in [-0.4, -0.2) is 47.7 Å². The molecule has 0 spiro atoms. The second-order valence-corrected chi connectivity index (χ2v) is 7.04. The van der Waals surface area contributed by atoms with Crippen molar-refractivity contribution < 1.29 is 14.3 Å². The fourth-order valence-electron chi connectivity index (χ4n) is 4.04. The Kier molecular flexibility index (Phi) is 4.57. The van der Waals surface area contributed by atoms with Crippen LogP contribution in [-0.2, 0) is 13.0 Å². The van der Waals surface area contributed by atoms with Crippen molar-refractivity contribution in [1.29, 1.82) is 0 Å². The van der Waals surface area contributed by atoms with Gasteiger partial charge in [0.1, 0.15) is 23.0 Å². The van der Waals surface area contributed by atoms with Gasteiger partial charge in [-0.15, -0.1) is 0 Å². The van der Waals surface area contributed by atoms with Gasteiger partial charge in [-0.1, -0.05) is 6.07 Å². The summed E-state index contributed by atoms with van der Waals surface area (Å²) in [4.78, 5) is 19.1. The second kappa shape index (κ2) is 7.02. The number of methoxy groups -OCH3 is 2. The highest BCUT2D eigenvalue weighted by molar-refractivity contribution is 5.92. The van der Waals surface area contributed by atoms with E-state index in [1.807, 2.05) is 23.2 Å². The minimum absolute atomic E-state index is 0.0722. The van der Waals surface area contributed by atoms with Crippen LogP contribution in [0.4, 0.5) is 0 Å². The first kappa shape index (κ1) is 16.9. The van der Waals surface area contributed by atoms with E-state index >= 15 is 0 Å². The van der Waals surface area contributed by atoms with Crippen LogP contribution in [0.2, 0.25) is 0 Å². The molecular formula is C20H25N3O3. The Labute approximate surface area is 153 Å². The van der Waals surface area contributed by atoms with Gasteiger partial charge in [-0.25, -0.2) is 4.98 Å². The summed E-state index contributed by atoms with van der Waals surface area (Å²) in [5.41, 5.74) is 1.77. The lowest BCUT2D eigenvalue weighted by Crippen LogP contribution is -2.27. The molecule has 1 fully saturated rings. The third-order valence-electron chi connectivity index (χ3n) is 5.49. The predicted octanol–water partition coefficient (Wildman–Crippen LogP) is 2.87. The molecule has 6 nitrogen and oxygen atoms in total. The average Bonchev–Trinajstić information content (AvgIpc) is 3.36. The highest BCUT2D eigenvalue weighted by Gasteiger charge is 2.27. The molecule has 2 aliphatic heterocycles. The molecule has 1 aromatic carbocycles. The number of benzene rings is 1. The number of aromatic nitrogens is 2. The number of aryl methyl sites for hydroxylation is 1. The fourth-order valence-corrected chi connectivity index (χ4v) is 4.04. The van der Waals surface area contributed by atoms with Crippen LogP contribution in [0.3, 0.4) is 0 Å². The molecule has 138 valence electrons. The largest absolute Gasteiger partial charge is 0.497 e. The van der Waals surface area contributed by atoms with E-state index in [9.17, 15) is 4.79 Å². The number of hydrogen-bond donors (Lipinski definition) is 0. The molecule has 0 saturated carbocycles. The molecule has 0 N–H and O–H groups in total. The Morgan fingerprint density at radius 1 is 1.19 bits per heavy atom. The van der Waals surface area contributed by atoms with Crippen LogP contribution >= 0.6 is 0 Å². The Morgan fingerprint density at radius 2 is 2.00 bits per heavy atom. The maximum atomic E-state index is 12.6. The summed E-state index contributed by atoms with van der Waals surface area (Å²) in [5.74, 6) is 3.07. The van der Waals surface area contributed by atoms with Crippen molar-refractivity contribution in [3.8, 4) is 11.5 Å². The van der Waals surface area contributed by atoms with Crippen LogP contribution in [0, 0.1) is 0 Å². The predicted molar refractivity (Wildman–Crippen MR) is 98.0 cm³/mol. The van der Waals surface area contributed by atoms with Gasteiger partial charge in [0.25, 0.3) is 5.91 Å². The molecule has 0 aliphatic carbocycles. The summed E-state index contributed by atoms with van der Waals surface area (Å²) < 4.78 is 13.0. The number of nitrogens with zero attached hydrogens (tertiary/aromatic N) is 3. The molecular weight excluding hydrogens is 330 g/mol. The van der Waals surface area contributed by atoms with Crippen molar-refractivity contribution in [2.24, 2.45) is 0 Å². The monoisotopic (exact) mass is 355 g/mol. The highest BCUT2D eigenvalue weighted by Crippen LogP contribution is 2.36. The van der Waals surface area contributed by atoms with Gasteiger partial charge in [0.2, 0.25) is 0 Å². The van der Waals surface area contributed by atoms with Gasteiger partial charge in [0.15, 0.2) is 0 Å². The zero-order valence-corrected chi connectivity index (χ0v) is 15.4. The zero-order valence-electron chi connectivity index (χ0n) is 15.4. The molecule has 4 rings (SSSR count). The van der Waals surface area contributed by atoms with Gasteiger partial charge in [-0.3, -0.25) is 4.79 Å². The number of imidazole rings is 1. The number of amides is 1. The molecule has 26 heavy (non-hydrogen) atoms. The first-order valence-corrected chi connectivity index (χ1v) is 9.27. The minimum atomic E-state index is 0.0722. The number of likely N-dealkylation sites (tertiary alicyclic amines) is 1. The van der Waals surface area contributed by atoms with E-state index in [1.54, 1.807) is 14.2 Å². The van der Waals surface area contributed by atoms with E-state index in [0.717, 1.165) is 62.6 Å². The third kappa shape index (κ3) is 3.04. The lowest BCUT2D eigenvalue weighted by molar-refractivity contribution is 0.0787. The normalized spacial score (nSPS) is 19.3. The third-order valence-corrected chi connectivity index (χ3v) is 5.49. The van der Waals surface area contributed by atoms with E-state index in [1.165, 1.54) is 5.56 Å². The van der Waals surface area contributed by atoms with Crippen LogP contribution in [0.1, 0.15) is 47.1 Å².